The highest BCUT2D eigenvalue weighted by atomic mass is 16.5. The Labute approximate surface area is 709 Å². The van der Waals surface area contributed by atoms with Crippen LogP contribution >= 0.6 is 0 Å². The Balaban J connectivity index is -0.000000288. The quantitative estimate of drug-likeness (QED) is 0.0172. The molecule has 0 unspecified atom stereocenters. The first-order chi connectivity index (χ1) is 53.5. The summed E-state index contributed by atoms with van der Waals surface area (Å²) in [6.07, 6.45) is 18.5. The van der Waals surface area contributed by atoms with Crippen molar-refractivity contribution in [1.29, 1.82) is 0 Å². The van der Waals surface area contributed by atoms with E-state index < -0.39 is 0 Å². The van der Waals surface area contributed by atoms with E-state index in [1.165, 1.54) is 12.8 Å². The number of hydrogen-bond acceptors (Lipinski definition) is 20. The van der Waals surface area contributed by atoms with Gasteiger partial charge in [0.25, 0.3) is 0 Å². The number of amides is 1. The molecule has 1 saturated heterocycles. The molecule has 5 aromatic rings. The molecule has 0 bridgehead atoms. The van der Waals surface area contributed by atoms with Crippen molar-refractivity contribution in [2.75, 3.05) is 47.6 Å². The topological polar surface area (TPSA) is 251 Å². The zero-order valence-electron chi connectivity index (χ0n) is 78.0. The van der Waals surface area contributed by atoms with Crippen LogP contribution in [0, 0.1) is 11.8 Å². The van der Waals surface area contributed by atoms with Crippen LogP contribution in [0.5, 0.6) is 0 Å². The summed E-state index contributed by atoms with van der Waals surface area (Å²) < 4.78 is 17.2. The van der Waals surface area contributed by atoms with Crippen molar-refractivity contribution < 1.29 is 19.0 Å². The molecule has 22 heteroatoms. The Bertz CT molecular complexity index is 3090. The molecule has 6 heterocycles. The van der Waals surface area contributed by atoms with Crippen molar-refractivity contribution in [2.45, 2.75) is 286 Å². The molecule has 0 aliphatic carbocycles. The molecule has 0 spiro atoms. The van der Waals surface area contributed by atoms with Gasteiger partial charge in [0.15, 0.2) is 5.88 Å². The first-order valence-electron chi connectivity index (χ1n) is 40.8. The van der Waals surface area contributed by atoms with Crippen molar-refractivity contribution in [3.05, 3.63) is 215 Å². The molecule has 1 aliphatic rings. The Morgan fingerprint density at radius 1 is 0.517 bits per heavy atom. The SMILES string of the molecule is C.C=C(CC)NC(C)C.C=C(COC)NC(C)C.C=C(NC(C)C)C1COC1.C=C(NC(C)C)OC(C)(C)C.C=C(NC(C)C)c1ccccn1.C=C(NC(C)C)c1cccnc1.C=C(NC(C)C)c1cccnn1.C=C(NC(C)C)c1ccncc1.C=C(NC(C)C)c1cn(C)cn1.CC(C)NC(=O)CCN(C)C.CCCC(C)C. The van der Waals surface area contributed by atoms with Gasteiger partial charge in [-0.3, -0.25) is 19.7 Å². The lowest BCUT2D eigenvalue weighted by Gasteiger charge is -2.29. The lowest BCUT2D eigenvalue weighted by molar-refractivity contribution is -0.121. The summed E-state index contributed by atoms with van der Waals surface area (Å²) in [4.78, 5) is 29.3. The molecule has 0 aromatic carbocycles. The van der Waals surface area contributed by atoms with Crippen LogP contribution in [-0.2, 0) is 26.1 Å². The number of aryl methyl sites for hydroxylation is 1. The van der Waals surface area contributed by atoms with Crippen LogP contribution in [0.25, 0.3) is 28.5 Å². The summed E-state index contributed by atoms with van der Waals surface area (Å²) in [5, 5.41) is 39.2. The number of carbonyl (C=O) groups is 1. The van der Waals surface area contributed by atoms with Crippen molar-refractivity contribution in [1.82, 2.24) is 92.8 Å². The van der Waals surface area contributed by atoms with Gasteiger partial charge >= 0.3 is 0 Å². The van der Waals surface area contributed by atoms with Crippen LogP contribution in [0.2, 0.25) is 0 Å². The van der Waals surface area contributed by atoms with Gasteiger partial charge in [-0.05, 0) is 241 Å². The number of nitrogens with zero attached hydrogens (tertiary/aromatic N) is 8. The van der Waals surface area contributed by atoms with Crippen molar-refractivity contribution in [2.24, 2.45) is 18.9 Å². The lowest BCUT2D eigenvalue weighted by atomic mass is 10.0. The third-order valence-electron chi connectivity index (χ3n) is 13.5. The summed E-state index contributed by atoms with van der Waals surface area (Å²) in [6.45, 7) is 94.0. The van der Waals surface area contributed by atoms with Gasteiger partial charge in [0.1, 0.15) is 17.0 Å². The number of imidazole rings is 1. The van der Waals surface area contributed by atoms with Crippen LogP contribution in [0.4, 0.5) is 0 Å². The number of allylic oxidation sites excluding steroid dienone is 1. The standard InChI is InChI=1S/3C10H14N2.C9H15N3.C9H13N3.C9H19NO.C8H18N2O.C8H15NO.C7H15NO.C7H15N.C6H14.CH4/c1-8(2)12-9(3)10-4-6-11-7-5-10;1-8(2)12-9(3)10-5-4-6-11-7-10;1-8(2)12-9(3)10-6-4-5-7-11-10;1-7(2)11-8(3)9-5-12(4)6-10-9;1-7(2)11-8(3)9-5-4-6-10-12-9;1-7(2)10-8(3)11-9(4,5)6;1-7(2)9-8(11)5-6-10(3)4;1-6(2)9-7(3)8-4-10-5-8;1-6(2)8-7(3)5-9-4;1-5-7(4)8-6(2)3;1-4-5-6(2)3;/h3*4-8,12H,3H2,1-2H3;5-7,11H,3H2,1-2,4H3;4-7,11H,3H2,1-2H3;7,10H,3H2,1-2,4-6H3;7H,5-6H2,1-4H3,(H,9,11);6,8-9H,3-5H2,1-2H3;6,8H,3,5H2,1-2,4H3;6,8H,4-5H2,1-3H3;6H,4-5H2,1-3H3;1H4. The minimum absolute atomic E-state index is 0. The Hall–Kier alpha value is -9.25. The summed E-state index contributed by atoms with van der Waals surface area (Å²) in [5.74, 6) is 2.23. The Kier molecular flexibility index (Phi) is 72.1. The van der Waals surface area contributed by atoms with Crippen molar-refractivity contribution in [3.63, 3.8) is 0 Å². The minimum atomic E-state index is -0.154. The predicted octanol–water partition coefficient (Wildman–Crippen LogP) is 19.0. The average molecular weight is 1620 g/mol. The maximum absolute atomic E-state index is 11.0. The first kappa shape index (κ1) is 118. The largest absolute Gasteiger partial charge is 0.474 e. The molecule has 1 fully saturated rings. The van der Waals surface area contributed by atoms with Crippen molar-refractivity contribution in [3.8, 4) is 0 Å². The van der Waals surface area contributed by atoms with Crippen molar-refractivity contribution >= 4 is 34.4 Å². The van der Waals surface area contributed by atoms with E-state index in [1.807, 2.05) is 126 Å². The fourth-order valence-electron chi connectivity index (χ4n) is 8.88. The smallest absolute Gasteiger partial charge is 0.221 e. The van der Waals surface area contributed by atoms with Gasteiger partial charge in [-0.15, -0.1) is 5.10 Å². The number of rotatable bonds is 34. The minimum Gasteiger partial charge on any atom is -0.474 e. The third-order valence-corrected chi connectivity index (χ3v) is 13.5. The second-order valence-corrected chi connectivity index (χ2v) is 32.2. The summed E-state index contributed by atoms with van der Waals surface area (Å²) in [7, 11) is 7.53. The molecule has 0 saturated carbocycles. The summed E-state index contributed by atoms with van der Waals surface area (Å²) in [5.41, 5.74) is 12.3. The maximum Gasteiger partial charge on any atom is 0.221 e. The molecular formula is C94H170N18O4. The number of nitrogens with one attached hydrogen (secondary N) is 10. The molecule has 1 aliphatic heterocycles. The van der Waals surface area contributed by atoms with E-state index in [1.54, 1.807) is 50.6 Å². The number of ether oxygens (including phenoxy) is 3. The average Bonchev–Trinajstić information content (AvgIpc) is 1.14. The molecular weight excluding hydrogens is 1450 g/mol. The van der Waals surface area contributed by atoms with Crippen LogP contribution in [0.15, 0.2) is 186 Å². The number of carbonyl (C=O) groups excluding carboxylic acids is 1. The number of pyridine rings is 3. The van der Waals surface area contributed by atoms with Gasteiger partial charge in [0, 0.05) is 176 Å². The molecule has 0 atom stereocenters. The number of methoxy groups -OCH3 is 1. The van der Waals surface area contributed by atoms with Gasteiger partial charge in [0.05, 0.1) is 48.9 Å². The molecule has 0 radical (unpaired) electrons. The van der Waals surface area contributed by atoms with E-state index in [4.69, 9.17) is 14.2 Å². The molecule has 5 aromatic heterocycles. The van der Waals surface area contributed by atoms with Crippen LogP contribution in [0.3, 0.4) is 0 Å². The van der Waals surface area contributed by atoms with E-state index in [0.29, 0.717) is 79.2 Å². The fraction of sp³-hybridized carbons (Fsp3) is 0.564. The van der Waals surface area contributed by atoms with E-state index in [2.05, 4.69) is 295 Å². The second kappa shape index (κ2) is 71.1. The van der Waals surface area contributed by atoms with Crippen LogP contribution < -0.4 is 53.2 Å². The first-order valence-corrected chi connectivity index (χ1v) is 40.8. The summed E-state index contributed by atoms with van der Waals surface area (Å²) >= 11 is 0. The highest BCUT2D eigenvalue weighted by Crippen LogP contribution is 2.17. The highest BCUT2D eigenvalue weighted by Gasteiger charge is 2.21. The van der Waals surface area contributed by atoms with Crippen LogP contribution in [0.1, 0.15) is 248 Å². The Morgan fingerprint density at radius 2 is 0.966 bits per heavy atom. The van der Waals surface area contributed by atoms with Gasteiger partial charge in [-0.2, -0.15) is 5.10 Å². The molecule has 1 amide bonds. The van der Waals surface area contributed by atoms with Gasteiger partial charge < -0.3 is 76.8 Å². The molecule has 10 N–H and O–H groups in total. The monoisotopic (exact) mass is 1620 g/mol. The van der Waals surface area contributed by atoms with E-state index >= 15 is 0 Å². The fourth-order valence-corrected chi connectivity index (χ4v) is 8.88. The molecule has 6 rings (SSSR count). The van der Waals surface area contributed by atoms with E-state index in [-0.39, 0.29) is 25.0 Å². The van der Waals surface area contributed by atoms with E-state index in [0.717, 1.165) is 106 Å². The maximum atomic E-state index is 11.0. The van der Waals surface area contributed by atoms with Crippen LogP contribution in [-0.4, -0.2) is 159 Å². The molecule has 22 nitrogen and oxygen atoms in total. The zero-order valence-corrected chi connectivity index (χ0v) is 78.0. The van der Waals surface area contributed by atoms with Gasteiger partial charge in [-0.25, -0.2) is 4.98 Å². The molecule has 116 heavy (non-hydrogen) atoms. The number of hydrogen-bond donors (Lipinski definition) is 10. The second-order valence-electron chi connectivity index (χ2n) is 32.2. The number of aromatic nitrogens is 7. The van der Waals surface area contributed by atoms with Gasteiger partial charge in [-0.1, -0.05) is 107 Å². The zero-order chi connectivity index (χ0) is 89.4. The normalized spacial score (nSPS) is 10.8. The molecule has 660 valence electrons. The summed E-state index contributed by atoms with van der Waals surface area (Å²) in [6, 6.07) is 21.4. The Morgan fingerprint density at radius 3 is 1.31 bits per heavy atom. The lowest BCUT2D eigenvalue weighted by Crippen LogP contribution is -2.36. The van der Waals surface area contributed by atoms with E-state index in [9.17, 15) is 4.79 Å². The van der Waals surface area contributed by atoms with Gasteiger partial charge in [0.2, 0.25) is 5.91 Å². The highest BCUT2D eigenvalue weighted by molar-refractivity contribution is 5.76. The predicted molar refractivity (Wildman–Crippen MR) is 504 cm³/mol. The third kappa shape index (κ3) is 78.6.